The molecule has 1 atom stereocenters. The summed E-state index contributed by atoms with van der Waals surface area (Å²) in [5.74, 6) is 0.887. The monoisotopic (exact) mass is 241 g/mol. The topological polar surface area (TPSA) is 18.5 Å². The van der Waals surface area contributed by atoms with E-state index in [4.69, 9.17) is 0 Å². The first kappa shape index (κ1) is 14.9. The average Bonchev–Trinajstić information content (AvgIpc) is 2.79. The zero-order valence-electron chi connectivity index (χ0n) is 12.0. The maximum atomic E-state index is 3.55. The second kappa shape index (κ2) is 8.90. The van der Waals surface area contributed by atoms with Gasteiger partial charge in [0, 0.05) is 19.6 Å². The molecule has 0 aromatic rings. The van der Waals surface area contributed by atoms with Gasteiger partial charge in [-0.15, -0.1) is 0 Å². The summed E-state index contributed by atoms with van der Waals surface area (Å²) < 4.78 is 0. The van der Waals surface area contributed by atoms with Crippen LogP contribution in [0.4, 0.5) is 0 Å². The van der Waals surface area contributed by atoms with E-state index >= 15 is 0 Å². The van der Waals surface area contributed by atoms with E-state index in [9.17, 15) is 0 Å². The van der Waals surface area contributed by atoms with Crippen molar-refractivity contribution in [3.8, 4) is 0 Å². The molecule has 1 heterocycles. The molecule has 0 saturated carbocycles. The van der Waals surface area contributed by atoms with Gasteiger partial charge in [0.05, 0.1) is 0 Å². The predicted octanol–water partition coefficient (Wildman–Crippen LogP) is 1.65. The number of hydrogen-bond acceptors (Lipinski definition) is 3. The predicted molar refractivity (Wildman–Crippen MR) is 75.5 cm³/mol. The molecule has 3 heteroatoms. The molecule has 0 bridgehead atoms. The van der Waals surface area contributed by atoms with Crippen molar-refractivity contribution in [3.05, 3.63) is 0 Å². The van der Waals surface area contributed by atoms with Crippen molar-refractivity contribution in [3.63, 3.8) is 0 Å². The minimum absolute atomic E-state index is 0.887. The van der Waals surface area contributed by atoms with Crippen LogP contribution in [0.2, 0.25) is 0 Å². The van der Waals surface area contributed by atoms with E-state index in [0.29, 0.717) is 0 Å². The van der Waals surface area contributed by atoms with Crippen LogP contribution in [0.3, 0.4) is 0 Å². The Kier molecular flexibility index (Phi) is 7.82. The van der Waals surface area contributed by atoms with Crippen LogP contribution in [-0.4, -0.2) is 62.2 Å². The molecule has 0 radical (unpaired) electrons. The third kappa shape index (κ3) is 5.84. The first-order valence-corrected chi connectivity index (χ1v) is 7.45. The number of hydrogen-bond donors (Lipinski definition) is 1. The Hall–Kier alpha value is -0.120. The Labute approximate surface area is 108 Å². The fraction of sp³-hybridized carbons (Fsp3) is 1.00. The smallest absolute Gasteiger partial charge is 0.0109 e. The standard InChI is InChI=1S/C14H31N3/c1-4-8-15-12-14-7-9-17(13-14)11-10-16(5-2)6-3/h14-15H,4-13H2,1-3H3. The largest absolute Gasteiger partial charge is 0.316 e. The normalized spacial score (nSPS) is 21.5. The summed E-state index contributed by atoms with van der Waals surface area (Å²) in [7, 11) is 0. The molecule has 0 aliphatic carbocycles. The van der Waals surface area contributed by atoms with Gasteiger partial charge in [0.15, 0.2) is 0 Å². The average molecular weight is 241 g/mol. The van der Waals surface area contributed by atoms with Crippen LogP contribution in [0.25, 0.3) is 0 Å². The Morgan fingerprint density at radius 2 is 2.00 bits per heavy atom. The Morgan fingerprint density at radius 3 is 2.65 bits per heavy atom. The SMILES string of the molecule is CCCNCC1CCN(CCN(CC)CC)C1. The molecule has 0 aromatic heterocycles. The summed E-state index contributed by atoms with van der Waals surface area (Å²) in [5, 5.41) is 3.55. The van der Waals surface area contributed by atoms with E-state index in [1.165, 1.54) is 65.2 Å². The van der Waals surface area contributed by atoms with Gasteiger partial charge in [-0.05, 0) is 51.5 Å². The highest BCUT2D eigenvalue weighted by Gasteiger charge is 2.21. The van der Waals surface area contributed by atoms with Crippen LogP contribution in [0.5, 0.6) is 0 Å². The van der Waals surface area contributed by atoms with Crippen LogP contribution in [-0.2, 0) is 0 Å². The summed E-state index contributed by atoms with van der Waals surface area (Å²) in [6, 6.07) is 0. The maximum Gasteiger partial charge on any atom is 0.0109 e. The molecule has 1 fully saturated rings. The third-order valence-electron chi connectivity index (χ3n) is 3.86. The first-order chi connectivity index (χ1) is 8.30. The molecule has 1 aliphatic heterocycles. The quantitative estimate of drug-likeness (QED) is 0.619. The van der Waals surface area contributed by atoms with Crippen LogP contribution in [0, 0.1) is 5.92 Å². The van der Waals surface area contributed by atoms with Crippen molar-refractivity contribution >= 4 is 0 Å². The third-order valence-corrected chi connectivity index (χ3v) is 3.86. The summed E-state index contributed by atoms with van der Waals surface area (Å²) in [4.78, 5) is 5.15. The molecule has 0 aromatic carbocycles. The van der Waals surface area contributed by atoms with Crippen molar-refractivity contribution in [2.75, 3.05) is 52.4 Å². The molecule has 3 nitrogen and oxygen atoms in total. The molecule has 1 unspecified atom stereocenters. The van der Waals surface area contributed by atoms with E-state index < -0.39 is 0 Å². The van der Waals surface area contributed by atoms with Gasteiger partial charge in [-0.25, -0.2) is 0 Å². The number of rotatable bonds is 9. The van der Waals surface area contributed by atoms with Gasteiger partial charge >= 0.3 is 0 Å². The summed E-state index contributed by atoms with van der Waals surface area (Å²) in [6.07, 6.45) is 2.63. The molecule has 1 aliphatic rings. The van der Waals surface area contributed by atoms with Crippen LogP contribution in [0.15, 0.2) is 0 Å². The first-order valence-electron chi connectivity index (χ1n) is 7.45. The second-order valence-electron chi connectivity index (χ2n) is 5.19. The van der Waals surface area contributed by atoms with E-state index in [1.54, 1.807) is 0 Å². The van der Waals surface area contributed by atoms with Crippen molar-refractivity contribution < 1.29 is 0 Å². The zero-order chi connectivity index (χ0) is 12.5. The highest BCUT2D eigenvalue weighted by atomic mass is 15.2. The minimum Gasteiger partial charge on any atom is -0.316 e. The molecule has 1 saturated heterocycles. The molecular weight excluding hydrogens is 210 g/mol. The van der Waals surface area contributed by atoms with Crippen molar-refractivity contribution in [1.29, 1.82) is 0 Å². The summed E-state index contributed by atoms with van der Waals surface area (Å²) >= 11 is 0. The number of nitrogens with zero attached hydrogens (tertiary/aromatic N) is 2. The van der Waals surface area contributed by atoms with Crippen LogP contribution >= 0.6 is 0 Å². The van der Waals surface area contributed by atoms with E-state index in [1.807, 2.05) is 0 Å². The molecule has 0 amide bonds. The lowest BCUT2D eigenvalue weighted by Gasteiger charge is -2.22. The highest BCUT2D eigenvalue weighted by molar-refractivity contribution is 4.77. The van der Waals surface area contributed by atoms with Gasteiger partial charge in [0.25, 0.3) is 0 Å². The minimum atomic E-state index is 0.887. The van der Waals surface area contributed by atoms with Gasteiger partial charge in [0.2, 0.25) is 0 Å². The molecule has 102 valence electrons. The lowest BCUT2D eigenvalue weighted by molar-refractivity contribution is 0.236. The summed E-state index contributed by atoms with van der Waals surface area (Å²) in [5.41, 5.74) is 0. The molecular formula is C14H31N3. The van der Waals surface area contributed by atoms with E-state index in [0.717, 1.165) is 5.92 Å². The van der Waals surface area contributed by atoms with E-state index in [2.05, 4.69) is 35.9 Å². The van der Waals surface area contributed by atoms with Gasteiger partial charge in [0.1, 0.15) is 0 Å². The molecule has 17 heavy (non-hydrogen) atoms. The number of nitrogens with one attached hydrogen (secondary N) is 1. The van der Waals surface area contributed by atoms with Crippen molar-refractivity contribution in [1.82, 2.24) is 15.1 Å². The van der Waals surface area contributed by atoms with Gasteiger partial charge in [-0.3, -0.25) is 0 Å². The van der Waals surface area contributed by atoms with Gasteiger partial charge in [-0.1, -0.05) is 20.8 Å². The summed E-state index contributed by atoms with van der Waals surface area (Å²) in [6.45, 7) is 16.6. The Bertz CT molecular complexity index is 180. The maximum absolute atomic E-state index is 3.55. The lowest BCUT2D eigenvalue weighted by atomic mass is 10.1. The highest BCUT2D eigenvalue weighted by Crippen LogP contribution is 2.14. The van der Waals surface area contributed by atoms with Crippen LogP contribution in [0.1, 0.15) is 33.6 Å². The van der Waals surface area contributed by atoms with Crippen molar-refractivity contribution in [2.24, 2.45) is 5.92 Å². The van der Waals surface area contributed by atoms with Gasteiger partial charge in [-0.2, -0.15) is 0 Å². The zero-order valence-corrected chi connectivity index (χ0v) is 12.0. The number of likely N-dealkylation sites (tertiary alicyclic amines) is 1. The fourth-order valence-electron chi connectivity index (χ4n) is 2.59. The van der Waals surface area contributed by atoms with Crippen LogP contribution < -0.4 is 5.32 Å². The van der Waals surface area contributed by atoms with Gasteiger partial charge < -0.3 is 15.1 Å². The molecule has 1 N–H and O–H groups in total. The second-order valence-corrected chi connectivity index (χ2v) is 5.19. The van der Waals surface area contributed by atoms with Crippen molar-refractivity contribution in [2.45, 2.75) is 33.6 Å². The number of likely N-dealkylation sites (N-methyl/N-ethyl adjacent to an activating group) is 1. The Balaban J connectivity index is 2.08. The molecule has 1 rings (SSSR count). The van der Waals surface area contributed by atoms with E-state index in [-0.39, 0.29) is 0 Å². The Morgan fingerprint density at radius 1 is 1.24 bits per heavy atom. The lowest BCUT2D eigenvalue weighted by Crippen LogP contribution is -2.34. The molecule has 0 spiro atoms. The fourth-order valence-corrected chi connectivity index (χ4v) is 2.59.